The van der Waals surface area contributed by atoms with Gasteiger partial charge in [0.25, 0.3) is 0 Å². The zero-order chi connectivity index (χ0) is 34.7. The average molecular weight is 683 g/mol. The Labute approximate surface area is 293 Å². The molecule has 0 radical (unpaired) electrons. The molecule has 11 heteroatoms. The quantitative estimate of drug-likeness (QED) is 0.111. The van der Waals surface area contributed by atoms with Crippen LogP contribution >= 0.6 is 11.3 Å². The van der Waals surface area contributed by atoms with Gasteiger partial charge in [0.05, 0.1) is 10.2 Å². The molecule has 3 heterocycles. The number of hydrogen-bond acceptors (Lipinski definition) is 10. The first-order valence-corrected chi connectivity index (χ1v) is 18.5. The Hall–Kier alpha value is -4.38. The van der Waals surface area contributed by atoms with Crippen LogP contribution in [0.1, 0.15) is 101 Å². The van der Waals surface area contributed by atoms with Crippen molar-refractivity contribution in [3.05, 3.63) is 76.1 Å². The summed E-state index contributed by atoms with van der Waals surface area (Å²) in [4.78, 5) is 23.9. The summed E-state index contributed by atoms with van der Waals surface area (Å²) in [6.45, 7) is 7.63. The van der Waals surface area contributed by atoms with Crippen molar-refractivity contribution >= 4 is 50.3 Å². The third-order valence-electron chi connectivity index (χ3n) is 11.0. The number of pyridine rings is 1. The Kier molecular flexibility index (Phi) is 10.3. The van der Waals surface area contributed by atoms with Crippen molar-refractivity contribution in [3.63, 3.8) is 0 Å². The second-order valence-corrected chi connectivity index (χ2v) is 15.2. The van der Waals surface area contributed by atoms with Gasteiger partial charge in [-0.15, -0.1) is 0 Å². The summed E-state index contributed by atoms with van der Waals surface area (Å²) in [6, 6.07) is 11.5. The number of nitrogens with two attached hydrogens (primary N) is 2. The summed E-state index contributed by atoms with van der Waals surface area (Å²) in [5.74, 6) is 1.87. The topological polar surface area (TPSA) is 166 Å². The number of benzene rings is 1. The summed E-state index contributed by atoms with van der Waals surface area (Å²) in [7, 11) is 0. The Morgan fingerprint density at radius 3 is 2.73 bits per heavy atom. The Morgan fingerprint density at radius 1 is 1.16 bits per heavy atom. The minimum atomic E-state index is -1.14. The molecule has 2 aromatic heterocycles. The standard InChI is InChI=1S/C38H50N8O2S/c1-4-25-18-26-10-9-16-38(19-25,20-26)22-42-24(3)29(21-39)28-14-15-32(44-33(28)36(47)48)46-17-8-7-11-27(35(46)41)23(2)34(40)45-37-43-30-12-5-6-13-31(30)49-37/h5-6,12-15,21,25-26,39,42H,4,7-11,16-20,22,40-41H2,1-3H3,(H,43,45)(H,47,48)/b29-24+,34-23+,39-21?. The molecule has 2 fully saturated rings. The van der Waals surface area contributed by atoms with Crippen LogP contribution in [-0.2, 0) is 0 Å². The lowest BCUT2D eigenvalue weighted by Crippen LogP contribution is -2.43. The molecule has 3 atom stereocenters. The summed E-state index contributed by atoms with van der Waals surface area (Å²) in [5.41, 5.74) is 18.0. The van der Waals surface area contributed by atoms with Crippen molar-refractivity contribution in [3.8, 4) is 0 Å². The zero-order valence-electron chi connectivity index (χ0n) is 28.9. The highest BCUT2D eigenvalue weighted by atomic mass is 32.1. The fraction of sp³-hybridized carbons (Fsp3) is 0.474. The fourth-order valence-corrected chi connectivity index (χ4v) is 9.24. The average Bonchev–Trinajstić information content (AvgIpc) is 3.41. The van der Waals surface area contributed by atoms with Gasteiger partial charge in [-0.25, -0.2) is 14.8 Å². The van der Waals surface area contributed by atoms with Crippen LogP contribution in [0.4, 0.5) is 10.9 Å². The van der Waals surface area contributed by atoms with Crippen LogP contribution in [0.2, 0.25) is 0 Å². The van der Waals surface area contributed by atoms with Gasteiger partial charge in [-0.2, -0.15) is 0 Å². The molecule has 2 saturated carbocycles. The molecule has 0 spiro atoms. The Balaban J connectivity index is 1.27. The summed E-state index contributed by atoms with van der Waals surface area (Å²) < 4.78 is 1.07. The number of carboxylic acid groups (broad SMARTS) is 1. The molecule has 49 heavy (non-hydrogen) atoms. The number of rotatable bonds is 11. The van der Waals surface area contributed by atoms with Crippen LogP contribution in [0, 0.1) is 22.7 Å². The number of para-hydroxylation sites is 1. The maximum absolute atomic E-state index is 12.7. The van der Waals surface area contributed by atoms with Crippen molar-refractivity contribution in [2.24, 2.45) is 28.7 Å². The first kappa shape index (κ1) is 34.5. The molecule has 3 unspecified atom stereocenters. The monoisotopic (exact) mass is 682 g/mol. The van der Waals surface area contributed by atoms with E-state index in [1.54, 1.807) is 6.07 Å². The third-order valence-corrected chi connectivity index (χ3v) is 11.9. The number of nitrogens with zero attached hydrogens (tertiary/aromatic N) is 3. The fourth-order valence-electron chi connectivity index (χ4n) is 8.36. The number of thiazole rings is 1. The van der Waals surface area contributed by atoms with Crippen LogP contribution in [0.3, 0.4) is 0 Å². The highest BCUT2D eigenvalue weighted by molar-refractivity contribution is 7.22. The molecule has 260 valence electrons. The van der Waals surface area contributed by atoms with E-state index >= 15 is 0 Å². The third kappa shape index (κ3) is 7.32. The normalized spacial score (nSPS) is 23.8. The van der Waals surface area contributed by atoms with Crippen LogP contribution in [0.15, 0.2) is 64.9 Å². The minimum Gasteiger partial charge on any atom is -0.476 e. The van der Waals surface area contributed by atoms with E-state index in [4.69, 9.17) is 16.9 Å². The van der Waals surface area contributed by atoms with Gasteiger partial charge in [0.1, 0.15) is 17.5 Å². The molecular formula is C38H50N8O2S. The molecule has 10 nitrogen and oxygen atoms in total. The maximum Gasteiger partial charge on any atom is 0.355 e. The summed E-state index contributed by atoms with van der Waals surface area (Å²) in [6.07, 6.45) is 12.6. The van der Waals surface area contributed by atoms with E-state index in [2.05, 4.69) is 27.5 Å². The van der Waals surface area contributed by atoms with Gasteiger partial charge in [-0.3, -0.25) is 0 Å². The van der Waals surface area contributed by atoms with Gasteiger partial charge in [-0.1, -0.05) is 49.7 Å². The number of aromatic carboxylic acids is 1. The second-order valence-electron chi connectivity index (χ2n) is 14.2. The number of carbonyl (C=O) groups is 1. The number of anilines is 2. The molecule has 1 aliphatic heterocycles. The van der Waals surface area contributed by atoms with Gasteiger partial charge >= 0.3 is 5.97 Å². The molecule has 1 aromatic carbocycles. The second kappa shape index (κ2) is 14.6. The highest BCUT2D eigenvalue weighted by Crippen LogP contribution is 2.51. The lowest BCUT2D eigenvalue weighted by atomic mass is 9.58. The molecule has 2 bridgehead atoms. The smallest absolute Gasteiger partial charge is 0.355 e. The SMILES string of the molecule is CCC1CC2CCCC(CN/C(C)=C(\C=N)c3ccc(N4CCCCC(/C(C)=C(\N)Nc5nc6ccccc6s5)=C4N)nc3C(=O)O)(C1)C2. The van der Waals surface area contributed by atoms with Gasteiger partial charge in [0.15, 0.2) is 10.8 Å². The molecule has 2 aliphatic carbocycles. The van der Waals surface area contributed by atoms with Gasteiger partial charge in [0.2, 0.25) is 0 Å². The van der Waals surface area contributed by atoms with E-state index in [1.165, 1.54) is 62.5 Å². The van der Waals surface area contributed by atoms with Gasteiger partial charge < -0.3 is 37.5 Å². The van der Waals surface area contributed by atoms with Gasteiger partial charge in [0, 0.05) is 36.1 Å². The summed E-state index contributed by atoms with van der Waals surface area (Å²) in [5, 5.41) is 26.3. The minimum absolute atomic E-state index is 0.0976. The molecular weight excluding hydrogens is 633 g/mol. The van der Waals surface area contributed by atoms with E-state index in [9.17, 15) is 9.90 Å². The largest absolute Gasteiger partial charge is 0.476 e. The number of aromatic nitrogens is 2. The number of fused-ring (bicyclic) bond motifs is 3. The lowest BCUT2D eigenvalue weighted by Gasteiger charge is -2.48. The van der Waals surface area contributed by atoms with E-state index in [1.807, 2.05) is 49.1 Å². The predicted octanol–water partition coefficient (Wildman–Crippen LogP) is 7.82. The first-order valence-electron chi connectivity index (χ1n) is 17.7. The van der Waals surface area contributed by atoms with Gasteiger partial charge in [-0.05, 0) is 111 Å². The van der Waals surface area contributed by atoms with Crippen molar-refractivity contribution in [1.29, 1.82) is 5.41 Å². The lowest BCUT2D eigenvalue weighted by molar-refractivity contribution is 0.0402. The van der Waals surface area contributed by atoms with E-state index in [-0.39, 0.29) is 11.1 Å². The van der Waals surface area contributed by atoms with E-state index in [0.29, 0.717) is 40.3 Å². The zero-order valence-corrected chi connectivity index (χ0v) is 29.8. The van der Waals surface area contributed by atoms with E-state index in [0.717, 1.165) is 64.7 Å². The molecule has 3 aromatic rings. The number of nitrogens with one attached hydrogen (secondary N) is 3. The van der Waals surface area contributed by atoms with E-state index < -0.39 is 5.97 Å². The highest BCUT2D eigenvalue weighted by Gasteiger charge is 2.42. The van der Waals surface area contributed by atoms with Crippen LogP contribution in [0.5, 0.6) is 0 Å². The number of carboxylic acids is 1. The van der Waals surface area contributed by atoms with Crippen molar-refractivity contribution in [2.45, 2.75) is 85.0 Å². The summed E-state index contributed by atoms with van der Waals surface area (Å²) >= 11 is 1.53. The maximum atomic E-state index is 12.7. The van der Waals surface area contributed by atoms with Crippen LogP contribution in [0.25, 0.3) is 15.8 Å². The molecule has 6 rings (SSSR count). The Bertz CT molecular complexity index is 1790. The van der Waals surface area contributed by atoms with Crippen molar-refractivity contribution in [1.82, 2.24) is 15.3 Å². The number of allylic oxidation sites excluding steroid dienone is 4. The molecule has 0 amide bonds. The van der Waals surface area contributed by atoms with Crippen molar-refractivity contribution in [2.75, 3.05) is 23.3 Å². The first-order chi connectivity index (χ1) is 23.6. The van der Waals surface area contributed by atoms with Crippen molar-refractivity contribution < 1.29 is 9.90 Å². The molecule has 0 saturated heterocycles. The molecule has 8 N–H and O–H groups in total. The Morgan fingerprint density at radius 2 is 1.98 bits per heavy atom. The molecule has 3 aliphatic rings. The number of hydrogen-bond donors (Lipinski definition) is 6. The van der Waals surface area contributed by atoms with Crippen LogP contribution < -0.4 is 27.0 Å². The predicted molar refractivity (Wildman–Crippen MR) is 201 cm³/mol. The van der Waals surface area contributed by atoms with Crippen LogP contribution in [-0.4, -0.2) is 40.3 Å².